The Balaban J connectivity index is 1.79. The van der Waals surface area contributed by atoms with Gasteiger partial charge in [0.05, 0.1) is 27.3 Å². The second kappa shape index (κ2) is 9.70. The van der Waals surface area contributed by atoms with Crippen molar-refractivity contribution in [2.24, 2.45) is 4.99 Å². The van der Waals surface area contributed by atoms with Crippen LogP contribution in [0, 0.1) is 0 Å². The molecule has 170 valence electrons. The summed E-state index contributed by atoms with van der Waals surface area (Å²) in [6, 6.07) is 21.0. The maximum atomic E-state index is 13.2. The molecule has 0 spiro atoms. The zero-order valence-electron chi connectivity index (χ0n) is 18.1. The highest BCUT2D eigenvalue weighted by atomic mass is 32.2. The average Bonchev–Trinajstić information content (AvgIpc) is 3.14. The van der Waals surface area contributed by atoms with Crippen molar-refractivity contribution in [1.82, 2.24) is 4.57 Å². The quantitative estimate of drug-likeness (QED) is 0.392. The zero-order chi connectivity index (χ0) is 23.4. The van der Waals surface area contributed by atoms with Crippen LogP contribution >= 0.6 is 11.3 Å². The molecule has 33 heavy (non-hydrogen) atoms. The van der Waals surface area contributed by atoms with E-state index in [0.29, 0.717) is 35.0 Å². The minimum absolute atomic E-state index is 0.217. The van der Waals surface area contributed by atoms with Gasteiger partial charge in [-0.15, -0.1) is 0 Å². The number of methoxy groups -OCH3 is 1. The largest absolute Gasteiger partial charge is 0.457 e. The molecule has 0 bridgehead atoms. The lowest BCUT2D eigenvalue weighted by atomic mass is 10.2. The highest BCUT2D eigenvalue weighted by Gasteiger charge is 2.15. The van der Waals surface area contributed by atoms with Gasteiger partial charge in [0.15, 0.2) is 14.6 Å². The Hall–Kier alpha value is -3.27. The summed E-state index contributed by atoms with van der Waals surface area (Å²) < 4.78 is 37.6. The number of thiazole rings is 1. The first-order chi connectivity index (χ1) is 15.9. The van der Waals surface area contributed by atoms with Crippen LogP contribution < -0.4 is 9.54 Å². The van der Waals surface area contributed by atoms with Gasteiger partial charge in [0.1, 0.15) is 11.5 Å². The summed E-state index contributed by atoms with van der Waals surface area (Å²) in [4.78, 5) is 18.2. The molecule has 0 saturated heterocycles. The molecule has 7 nitrogen and oxygen atoms in total. The molecule has 0 N–H and O–H groups in total. The van der Waals surface area contributed by atoms with Crippen LogP contribution in [-0.4, -0.2) is 38.9 Å². The first kappa shape index (κ1) is 22.9. The summed E-state index contributed by atoms with van der Waals surface area (Å²) in [6.45, 7) is 0.873. The van der Waals surface area contributed by atoms with E-state index < -0.39 is 15.7 Å². The van der Waals surface area contributed by atoms with E-state index in [1.807, 2.05) is 34.9 Å². The normalized spacial score (nSPS) is 12.2. The zero-order valence-corrected chi connectivity index (χ0v) is 19.7. The monoisotopic (exact) mass is 482 g/mol. The molecule has 0 saturated carbocycles. The molecule has 0 fully saturated rings. The van der Waals surface area contributed by atoms with Gasteiger partial charge in [-0.2, -0.15) is 4.99 Å². The van der Waals surface area contributed by atoms with E-state index in [1.54, 1.807) is 49.6 Å². The van der Waals surface area contributed by atoms with Crippen LogP contribution in [0.1, 0.15) is 10.4 Å². The van der Waals surface area contributed by atoms with Crippen molar-refractivity contribution >= 4 is 37.3 Å². The number of ether oxygens (including phenoxy) is 2. The van der Waals surface area contributed by atoms with E-state index in [0.717, 1.165) is 10.2 Å². The van der Waals surface area contributed by atoms with Gasteiger partial charge < -0.3 is 14.0 Å². The standard InChI is InChI=1S/C24H22N2O5S2/c1-30-15-14-26-20-13-12-18(33(2,28)29)16-22(20)32-24(26)25-23(27)19-10-6-7-11-21(19)31-17-8-4-3-5-9-17/h3-13,16H,14-15H2,1-2H3. The molecule has 0 aliphatic rings. The van der Waals surface area contributed by atoms with Crippen LogP contribution in [0.25, 0.3) is 10.2 Å². The number of amides is 1. The molecule has 0 aliphatic carbocycles. The molecule has 1 aromatic heterocycles. The Morgan fingerprint density at radius 2 is 1.76 bits per heavy atom. The minimum Gasteiger partial charge on any atom is -0.457 e. The lowest BCUT2D eigenvalue weighted by Gasteiger charge is -2.09. The molecule has 9 heteroatoms. The van der Waals surface area contributed by atoms with Crippen molar-refractivity contribution in [1.29, 1.82) is 0 Å². The van der Waals surface area contributed by atoms with E-state index in [2.05, 4.69) is 4.99 Å². The lowest BCUT2D eigenvalue weighted by molar-refractivity contribution is 0.0995. The third kappa shape index (κ3) is 5.22. The summed E-state index contributed by atoms with van der Waals surface area (Å²) in [5.41, 5.74) is 1.11. The van der Waals surface area contributed by atoms with Gasteiger partial charge in [-0.25, -0.2) is 8.42 Å². The molecule has 0 radical (unpaired) electrons. The van der Waals surface area contributed by atoms with Crippen molar-refractivity contribution in [3.8, 4) is 11.5 Å². The first-order valence-electron chi connectivity index (χ1n) is 10.1. The van der Waals surface area contributed by atoms with E-state index in [1.165, 1.54) is 17.6 Å². The number of hydrogen-bond acceptors (Lipinski definition) is 6. The summed E-state index contributed by atoms with van der Waals surface area (Å²) in [6.07, 6.45) is 1.17. The van der Waals surface area contributed by atoms with E-state index in [9.17, 15) is 13.2 Å². The molecule has 0 unspecified atom stereocenters. The SMILES string of the molecule is COCCn1c(=NC(=O)c2ccccc2Oc2ccccc2)sc2cc(S(C)(=O)=O)ccc21. The summed E-state index contributed by atoms with van der Waals surface area (Å²) >= 11 is 1.25. The number of sulfone groups is 1. The Labute approximate surface area is 195 Å². The Morgan fingerprint density at radius 1 is 1.03 bits per heavy atom. The lowest BCUT2D eigenvalue weighted by Crippen LogP contribution is -2.19. The molecule has 4 rings (SSSR count). The van der Waals surface area contributed by atoms with Crippen LogP contribution in [0.15, 0.2) is 82.7 Å². The van der Waals surface area contributed by atoms with Gasteiger partial charge in [-0.3, -0.25) is 4.79 Å². The maximum absolute atomic E-state index is 13.2. The highest BCUT2D eigenvalue weighted by Crippen LogP contribution is 2.26. The number of hydrogen-bond donors (Lipinski definition) is 0. The average molecular weight is 483 g/mol. The fraction of sp³-hybridized carbons (Fsp3) is 0.167. The third-order valence-electron chi connectivity index (χ3n) is 4.89. The smallest absolute Gasteiger partial charge is 0.283 e. The van der Waals surface area contributed by atoms with Crippen LogP contribution in [0.2, 0.25) is 0 Å². The first-order valence-corrected chi connectivity index (χ1v) is 12.8. The van der Waals surface area contributed by atoms with Gasteiger partial charge in [0.2, 0.25) is 0 Å². The van der Waals surface area contributed by atoms with Crippen molar-refractivity contribution in [3.05, 3.63) is 83.2 Å². The van der Waals surface area contributed by atoms with E-state index >= 15 is 0 Å². The predicted molar refractivity (Wildman–Crippen MR) is 128 cm³/mol. The van der Waals surface area contributed by atoms with Gasteiger partial charge in [0.25, 0.3) is 5.91 Å². The Bertz CT molecular complexity index is 1470. The number of carbonyl (C=O) groups is 1. The van der Waals surface area contributed by atoms with E-state index in [4.69, 9.17) is 9.47 Å². The van der Waals surface area contributed by atoms with Crippen LogP contribution in [0.4, 0.5) is 0 Å². The Morgan fingerprint density at radius 3 is 2.48 bits per heavy atom. The summed E-state index contributed by atoms with van der Waals surface area (Å²) in [5, 5.41) is 0. The molecule has 1 amide bonds. The van der Waals surface area contributed by atoms with Gasteiger partial charge in [0, 0.05) is 19.9 Å². The van der Waals surface area contributed by atoms with Crippen molar-refractivity contribution < 1.29 is 22.7 Å². The number of para-hydroxylation sites is 2. The van der Waals surface area contributed by atoms with Gasteiger partial charge >= 0.3 is 0 Å². The number of nitrogens with zero attached hydrogens (tertiary/aromatic N) is 2. The third-order valence-corrected chi connectivity index (χ3v) is 7.04. The number of carbonyl (C=O) groups excluding carboxylic acids is 1. The van der Waals surface area contributed by atoms with Crippen LogP contribution in [0.3, 0.4) is 0 Å². The fourth-order valence-corrected chi connectivity index (χ4v) is 5.08. The van der Waals surface area contributed by atoms with Crippen molar-refractivity contribution in [3.63, 3.8) is 0 Å². The van der Waals surface area contributed by atoms with Crippen LogP contribution in [-0.2, 0) is 21.1 Å². The van der Waals surface area contributed by atoms with E-state index in [-0.39, 0.29) is 4.90 Å². The number of benzene rings is 3. The second-order valence-electron chi connectivity index (χ2n) is 7.26. The predicted octanol–water partition coefficient (Wildman–Crippen LogP) is 4.29. The Kier molecular flexibility index (Phi) is 6.73. The molecular weight excluding hydrogens is 460 g/mol. The van der Waals surface area contributed by atoms with Crippen molar-refractivity contribution in [2.75, 3.05) is 20.0 Å². The molecule has 0 aliphatic heterocycles. The number of fused-ring (bicyclic) bond motifs is 1. The maximum Gasteiger partial charge on any atom is 0.283 e. The molecular formula is C24H22N2O5S2. The molecule has 3 aromatic carbocycles. The highest BCUT2D eigenvalue weighted by molar-refractivity contribution is 7.90. The second-order valence-corrected chi connectivity index (χ2v) is 10.3. The number of aromatic nitrogens is 1. The van der Waals surface area contributed by atoms with Gasteiger partial charge in [-0.05, 0) is 42.5 Å². The van der Waals surface area contributed by atoms with Crippen LogP contribution in [0.5, 0.6) is 11.5 Å². The topological polar surface area (TPSA) is 87.0 Å². The van der Waals surface area contributed by atoms with Gasteiger partial charge in [-0.1, -0.05) is 41.7 Å². The summed E-state index contributed by atoms with van der Waals surface area (Å²) in [5.74, 6) is 0.562. The molecule has 1 heterocycles. The van der Waals surface area contributed by atoms with Crippen molar-refractivity contribution in [2.45, 2.75) is 11.4 Å². The number of rotatable bonds is 7. The summed E-state index contributed by atoms with van der Waals surface area (Å²) in [7, 11) is -1.76. The molecule has 0 atom stereocenters. The molecule has 4 aromatic rings. The fourth-order valence-electron chi connectivity index (χ4n) is 3.26. The minimum atomic E-state index is -3.36.